The fraction of sp³-hybridized carbons (Fsp3) is 0.625. The Hall–Kier alpha value is -1.42. The van der Waals surface area contributed by atoms with Crippen LogP contribution in [0.4, 0.5) is 0 Å². The van der Waals surface area contributed by atoms with Gasteiger partial charge >= 0.3 is 0 Å². The molecule has 0 aromatic carbocycles. The molecule has 1 aromatic rings. The lowest BCUT2D eigenvalue weighted by molar-refractivity contribution is -0.132. The second-order valence-electron chi connectivity index (χ2n) is 5.80. The molecule has 1 fully saturated rings. The molecule has 0 saturated heterocycles. The van der Waals surface area contributed by atoms with Crippen molar-refractivity contribution in [2.45, 2.75) is 58.2 Å². The molecule has 1 aromatic heterocycles. The van der Waals surface area contributed by atoms with Gasteiger partial charge in [-0.05, 0) is 38.8 Å². The van der Waals surface area contributed by atoms with Gasteiger partial charge in [0.05, 0.1) is 18.8 Å². The highest BCUT2D eigenvalue weighted by atomic mass is 16.2. The molecule has 0 bridgehead atoms. The largest absolute Gasteiger partial charge is 0.333 e. The maximum absolute atomic E-state index is 12.4. The van der Waals surface area contributed by atoms with Crippen molar-refractivity contribution in [3.63, 3.8) is 0 Å². The van der Waals surface area contributed by atoms with Crippen LogP contribution in [0.2, 0.25) is 0 Å². The number of aromatic nitrogens is 1. The predicted octanol–water partition coefficient (Wildman–Crippen LogP) is 2.35. The van der Waals surface area contributed by atoms with Gasteiger partial charge < -0.3 is 10.2 Å². The summed E-state index contributed by atoms with van der Waals surface area (Å²) >= 11 is 0. The summed E-state index contributed by atoms with van der Waals surface area (Å²) in [7, 11) is 0. The van der Waals surface area contributed by atoms with Gasteiger partial charge in [-0.1, -0.05) is 18.9 Å². The summed E-state index contributed by atoms with van der Waals surface area (Å²) in [5, 5.41) is 3.39. The molecule has 4 heteroatoms. The van der Waals surface area contributed by atoms with Crippen molar-refractivity contribution in [2.24, 2.45) is 0 Å². The molecule has 1 aliphatic rings. The van der Waals surface area contributed by atoms with E-state index in [2.05, 4.69) is 24.1 Å². The van der Waals surface area contributed by atoms with Crippen LogP contribution in [-0.2, 0) is 11.3 Å². The van der Waals surface area contributed by atoms with Crippen molar-refractivity contribution in [3.8, 4) is 0 Å². The topological polar surface area (TPSA) is 45.2 Å². The Morgan fingerprint density at radius 1 is 1.40 bits per heavy atom. The second kappa shape index (κ2) is 7.39. The van der Waals surface area contributed by atoms with Gasteiger partial charge in [0, 0.05) is 18.3 Å². The summed E-state index contributed by atoms with van der Waals surface area (Å²) in [5.74, 6) is 0.164. The van der Waals surface area contributed by atoms with Crippen LogP contribution in [0.25, 0.3) is 0 Å². The summed E-state index contributed by atoms with van der Waals surface area (Å²) in [6.07, 6.45) is 6.75. The molecule has 1 amide bonds. The van der Waals surface area contributed by atoms with Crippen LogP contribution >= 0.6 is 0 Å². The molecule has 0 atom stereocenters. The first-order valence-electron chi connectivity index (χ1n) is 7.59. The molecule has 0 spiro atoms. The zero-order chi connectivity index (χ0) is 14.4. The Bertz CT molecular complexity index is 413. The molecule has 0 aliphatic heterocycles. The SMILES string of the molecule is CC(C)N(Cc1ccccn1)C(=O)CNC1CCCC1. The number of carbonyl (C=O) groups excluding carboxylic acids is 1. The summed E-state index contributed by atoms with van der Waals surface area (Å²) in [4.78, 5) is 18.6. The van der Waals surface area contributed by atoms with Gasteiger partial charge in [0.15, 0.2) is 0 Å². The molecule has 2 rings (SSSR count). The van der Waals surface area contributed by atoms with Crippen molar-refractivity contribution >= 4 is 5.91 Å². The highest BCUT2D eigenvalue weighted by Gasteiger charge is 2.20. The third kappa shape index (κ3) is 4.30. The monoisotopic (exact) mass is 275 g/mol. The third-order valence-corrected chi connectivity index (χ3v) is 3.90. The lowest BCUT2D eigenvalue weighted by Crippen LogP contribution is -2.43. The van der Waals surface area contributed by atoms with E-state index < -0.39 is 0 Å². The average Bonchev–Trinajstić information content (AvgIpc) is 2.96. The van der Waals surface area contributed by atoms with Crippen molar-refractivity contribution in [1.29, 1.82) is 0 Å². The molecule has 110 valence electrons. The summed E-state index contributed by atoms with van der Waals surface area (Å²) in [5.41, 5.74) is 0.940. The van der Waals surface area contributed by atoms with E-state index >= 15 is 0 Å². The van der Waals surface area contributed by atoms with E-state index in [1.54, 1.807) is 6.20 Å². The zero-order valence-corrected chi connectivity index (χ0v) is 12.5. The second-order valence-corrected chi connectivity index (χ2v) is 5.80. The van der Waals surface area contributed by atoms with Crippen molar-refractivity contribution in [2.75, 3.05) is 6.54 Å². The zero-order valence-electron chi connectivity index (χ0n) is 12.5. The number of carbonyl (C=O) groups is 1. The molecule has 1 heterocycles. The minimum atomic E-state index is 0.164. The fourth-order valence-corrected chi connectivity index (χ4v) is 2.69. The standard InChI is InChI=1S/C16H25N3O/c1-13(2)19(12-15-9-5-6-10-17-15)16(20)11-18-14-7-3-4-8-14/h5-6,9-10,13-14,18H,3-4,7-8,11-12H2,1-2H3. The Morgan fingerprint density at radius 2 is 2.15 bits per heavy atom. The van der Waals surface area contributed by atoms with Gasteiger partial charge in [0.1, 0.15) is 0 Å². The molecule has 1 N–H and O–H groups in total. The first kappa shape index (κ1) is 15.0. The van der Waals surface area contributed by atoms with Crippen LogP contribution < -0.4 is 5.32 Å². The van der Waals surface area contributed by atoms with Crippen molar-refractivity contribution < 1.29 is 4.79 Å². The highest BCUT2D eigenvalue weighted by molar-refractivity contribution is 5.78. The number of pyridine rings is 1. The fourth-order valence-electron chi connectivity index (χ4n) is 2.69. The minimum Gasteiger partial charge on any atom is -0.333 e. The molecule has 1 aliphatic carbocycles. The Morgan fingerprint density at radius 3 is 2.75 bits per heavy atom. The number of hydrogen-bond donors (Lipinski definition) is 1. The molecule has 0 unspecified atom stereocenters. The molecule has 1 saturated carbocycles. The van der Waals surface area contributed by atoms with Gasteiger partial charge in [-0.15, -0.1) is 0 Å². The Labute approximate surface area is 121 Å². The maximum Gasteiger partial charge on any atom is 0.237 e. The number of nitrogens with zero attached hydrogens (tertiary/aromatic N) is 2. The van der Waals surface area contributed by atoms with Crippen molar-refractivity contribution in [1.82, 2.24) is 15.2 Å². The maximum atomic E-state index is 12.4. The summed E-state index contributed by atoms with van der Waals surface area (Å²) < 4.78 is 0. The van der Waals surface area contributed by atoms with Crippen LogP contribution in [-0.4, -0.2) is 34.4 Å². The third-order valence-electron chi connectivity index (χ3n) is 3.90. The molecule has 20 heavy (non-hydrogen) atoms. The van der Waals surface area contributed by atoms with Crippen LogP contribution in [0.1, 0.15) is 45.2 Å². The van der Waals surface area contributed by atoms with E-state index in [0.717, 1.165) is 5.69 Å². The van der Waals surface area contributed by atoms with Gasteiger partial charge in [-0.3, -0.25) is 9.78 Å². The van der Waals surface area contributed by atoms with E-state index in [4.69, 9.17) is 0 Å². The van der Waals surface area contributed by atoms with Gasteiger partial charge in [-0.2, -0.15) is 0 Å². The number of nitrogens with one attached hydrogen (secondary N) is 1. The predicted molar refractivity (Wildman–Crippen MR) is 80.2 cm³/mol. The van der Waals surface area contributed by atoms with Gasteiger partial charge in [0.25, 0.3) is 0 Å². The molecule has 4 nitrogen and oxygen atoms in total. The van der Waals surface area contributed by atoms with Gasteiger partial charge in [0.2, 0.25) is 5.91 Å². The summed E-state index contributed by atoms with van der Waals surface area (Å²) in [6, 6.07) is 6.54. The van der Waals surface area contributed by atoms with Crippen LogP contribution in [0.5, 0.6) is 0 Å². The normalized spacial score (nSPS) is 15.8. The quantitative estimate of drug-likeness (QED) is 0.867. The Balaban J connectivity index is 1.88. The first-order chi connectivity index (χ1) is 9.66. The van der Waals surface area contributed by atoms with E-state index in [-0.39, 0.29) is 11.9 Å². The van der Waals surface area contributed by atoms with E-state index in [1.165, 1.54) is 25.7 Å². The Kier molecular flexibility index (Phi) is 5.53. The average molecular weight is 275 g/mol. The van der Waals surface area contributed by atoms with Crippen LogP contribution in [0, 0.1) is 0 Å². The number of amides is 1. The molecular weight excluding hydrogens is 250 g/mol. The lowest BCUT2D eigenvalue weighted by atomic mass is 10.2. The minimum absolute atomic E-state index is 0.164. The van der Waals surface area contributed by atoms with E-state index in [0.29, 0.717) is 19.1 Å². The van der Waals surface area contributed by atoms with E-state index in [9.17, 15) is 4.79 Å². The lowest BCUT2D eigenvalue weighted by Gasteiger charge is -2.27. The van der Waals surface area contributed by atoms with E-state index in [1.807, 2.05) is 23.1 Å². The smallest absolute Gasteiger partial charge is 0.237 e. The number of rotatable bonds is 6. The number of hydrogen-bond acceptors (Lipinski definition) is 3. The highest BCUT2D eigenvalue weighted by Crippen LogP contribution is 2.17. The molecule has 0 radical (unpaired) electrons. The summed E-state index contributed by atoms with van der Waals surface area (Å²) in [6.45, 7) is 5.13. The molecular formula is C16H25N3O. The van der Waals surface area contributed by atoms with Crippen molar-refractivity contribution in [3.05, 3.63) is 30.1 Å². The first-order valence-corrected chi connectivity index (χ1v) is 7.59. The van der Waals surface area contributed by atoms with Gasteiger partial charge in [-0.25, -0.2) is 0 Å². The van der Waals surface area contributed by atoms with Crippen LogP contribution in [0.15, 0.2) is 24.4 Å². The van der Waals surface area contributed by atoms with Crippen LogP contribution in [0.3, 0.4) is 0 Å².